The molecule has 5 heteroatoms. The Bertz CT molecular complexity index is 298. The molecule has 0 aliphatic heterocycles. The quantitative estimate of drug-likeness (QED) is 0.606. The summed E-state index contributed by atoms with van der Waals surface area (Å²) in [6.07, 6.45) is 4.18. The Morgan fingerprint density at radius 3 is 3.00 bits per heavy atom. The Morgan fingerprint density at radius 1 is 1.56 bits per heavy atom. The second kappa shape index (κ2) is 7.57. The number of thiocarbonyl (C=S) groups is 1. The number of nitrogens with zero attached hydrogens (tertiary/aromatic N) is 1. The van der Waals surface area contributed by atoms with Gasteiger partial charge >= 0.3 is 0 Å². The highest BCUT2D eigenvalue weighted by Crippen LogP contribution is 2.16. The average Bonchev–Trinajstić information content (AvgIpc) is 2.79. The summed E-state index contributed by atoms with van der Waals surface area (Å²) >= 11 is 6.87. The van der Waals surface area contributed by atoms with Gasteiger partial charge in [-0.3, -0.25) is 0 Å². The summed E-state index contributed by atoms with van der Waals surface area (Å²) in [7, 11) is 0. The molecular weight excluding hydrogens is 238 g/mol. The van der Waals surface area contributed by atoms with Gasteiger partial charge in [-0.1, -0.05) is 20.3 Å². The molecule has 2 N–H and O–H groups in total. The van der Waals surface area contributed by atoms with Crippen molar-refractivity contribution in [3.8, 4) is 0 Å². The molecule has 16 heavy (non-hydrogen) atoms. The van der Waals surface area contributed by atoms with Crippen LogP contribution in [0, 0.1) is 0 Å². The molecule has 0 radical (unpaired) electrons. The molecular formula is C11H19N3S2. The molecule has 1 heterocycles. The number of thiazole rings is 1. The topological polar surface area (TPSA) is 37.0 Å². The summed E-state index contributed by atoms with van der Waals surface area (Å²) in [5, 5.41) is 10.3. The van der Waals surface area contributed by atoms with E-state index in [9.17, 15) is 0 Å². The van der Waals surface area contributed by atoms with Crippen LogP contribution in [-0.2, 0) is 0 Å². The molecule has 0 bridgehead atoms. The molecule has 0 saturated heterocycles. The first-order chi connectivity index (χ1) is 7.74. The van der Waals surface area contributed by atoms with E-state index in [0.29, 0.717) is 5.92 Å². The number of aromatic nitrogens is 1. The molecule has 1 aromatic heterocycles. The minimum absolute atomic E-state index is 0.408. The maximum Gasteiger partial charge on any atom is 0.166 e. The first-order valence-electron chi connectivity index (χ1n) is 5.65. The summed E-state index contributed by atoms with van der Waals surface area (Å²) in [5.74, 6) is 0.408. The molecule has 0 aromatic carbocycles. The maximum absolute atomic E-state index is 5.18. The van der Waals surface area contributed by atoms with Gasteiger partial charge in [0.2, 0.25) is 0 Å². The van der Waals surface area contributed by atoms with Crippen LogP contribution in [0.4, 0.5) is 0 Å². The highest BCUT2D eigenvalue weighted by atomic mass is 32.1. The van der Waals surface area contributed by atoms with Crippen LogP contribution in [0.15, 0.2) is 11.6 Å². The van der Waals surface area contributed by atoms with E-state index < -0.39 is 0 Å². The number of unbranched alkanes of at least 4 members (excludes halogenated alkanes) is 1. The third kappa shape index (κ3) is 4.90. The van der Waals surface area contributed by atoms with Crippen LogP contribution in [0.25, 0.3) is 0 Å². The van der Waals surface area contributed by atoms with E-state index in [0.717, 1.165) is 29.6 Å². The van der Waals surface area contributed by atoms with Crippen LogP contribution >= 0.6 is 23.6 Å². The standard InChI is InChI=1S/C11H19N3S2/c1-3-4-5-13-11(15)14-8-9(2)10-12-6-7-16-10/h6-7,9H,3-5,8H2,1-2H3,(H2,13,14,15). The first kappa shape index (κ1) is 13.4. The van der Waals surface area contributed by atoms with Crippen molar-refractivity contribution in [2.45, 2.75) is 32.6 Å². The lowest BCUT2D eigenvalue weighted by Gasteiger charge is -2.13. The van der Waals surface area contributed by atoms with Gasteiger partial charge in [-0.05, 0) is 18.6 Å². The van der Waals surface area contributed by atoms with Gasteiger partial charge in [0.05, 0.1) is 5.01 Å². The van der Waals surface area contributed by atoms with Crippen LogP contribution in [0.2, 0.25) is 0 Å². The fourth-order valence-electron chi connectivity index (χ4n) is 1.25. The van der Waals surface area contributed by atoms with Crippen molar-refractivity contribution in [2.75, 3.05) is 13.1 Å². The predicted octanol–water partition coefficient (Wildman–Crippen LogP) is 2.51. The summed E-state index contributed by atoms with van der Waals surface area (Å²) in [6.45, 7) is 6.11. The molecule has 0 fully saturated rings. The van der Waals surface area contributed by atoms with Crippen LogP contribution in [0.3, 0.4) is 0 Å². The fourth-order valence-corrected chi connectivity index (χ4v) is 2.14. The Labute approximate surface area is 107 Å². The maximum atomic E-state index is 5.18. The van der Waals surface area contributed by atoms with Gasteiger partial charge in [0, 0.05) is 30.6 Å². The lowest BCUT2D eigenvalue weighted by Crippen LogP contribution is -2.37. The average molecular weight is 257 g/mol. The van der Waals surface area contributed by atoms with Crippen molar-refractivity contribution in [1.82, 2.24) is 15.6 Å². The molecule has 1 rings (SSSR count). The zero-order chi connectivity index (χ0) is 11.8. The van der Waals surface area contributed by atoms with Crippen molar-refractivity contribution >= 4 is 28.7 Å². The molecule has 1 aromatic rings. The van der Waals surface area contributed by atoms with Crippen molar-refractivity contribution in [3.05, 3.63) is 16.6 Å². The minimum Gasteiger partial charge on any atom is -0.363 e. The molecule has 0 saturated carbocycles. The predicted molar refractivity (Wildman–Crippen MR) is 74.0 cm³/mol. The molecule has 0 spiro atoms. The number of rotatable bonds is 6. The van der Waals surface area contributed by atoms with Crippen molar-refractivity contribution < 1.29 is 0 Å². The van der Waals surface area contributed by atoms with Crippen molar-refractivity contribution in [2.24, 2.45) is 0 Å². The summed E-state index contributed by atoms with van der Waals surface area (Å²) in [5.41, 5.74) is 0. The Morgan fingerprint density at radius 2 is 2.38 bits per heavy atom. The van der Waals surface area contributed by atoms with E-state index in [1.54, 1.807) is 11.3 Å². The molecule has 1 unspecified atom stereocenters. The van der Waals surface area contributed by atoms with Gasteiger partial charge in [0.15, 0.2) is 5.11 Å². The summed E-state index contributed by atoms with van der Waals surface area (Å²) in [6, 6.07) is 0. The summed E-state index contributed by atoms with van der Waals surface area (Å²) < 4.78 is 0. The molecule has 90 valence electrons. The lowest BCUT2D eigenvalue weighted by atomic mass is 10.2. The van der Waals surface area contributed by atoms with E-state index >= 15 is 0 Å². The van der Waals surface area contributed by atoms with Gasteiger partial charge in [-0.15, -0.1) is 11.3 Å². The normalized spacial score (nSPS) is 12.1. The first-order valence-corrected chi connectivity index (χ1v) is 6.94. The monoisotopic (exact) mass is 257 g/mol. The SMILES string of the molecule is CCCCNC(=S)NCC(C)c1nccs1. The number of hydrogen-bond donors (Lipinski definition) is 2. The molecule has 3 nitrogen and oxygen atoms in total. The second-order valence-electron chi connectivity index (χ2n) is 3.76. The second-order valence-corrected chi connectivity index (χ2v) is 5.10. The van der Waals surface area contributed by atoms with Crippen LogP contribution in [0.1, 0.15) is 37.6 Å². The van der Waals surface area contributed by atoms with Gasteiger partial charge in [-0.25, -0.2) is 4.98 Å². The molecule has 1 atom stereocenters. The molecule has 0 aliphatic rings. The highest BCUT2D eigenvalue weighted by Gasteiger charge is 2.07. The lowest BCUT2D eigenvalue weighted by molar-refractivity contribution is 0.691. The fraction of sp³-hybridized carbons (Fsp3) is 0.636. The molecule has 0 amide bonds. The van der Waals surface area contributed by atoms with Gasteiger partial charge < -0.3 is 10.6 Å². The number of hydrogen-bond acceptors (Lipinski definition) is 3. The van der Waals surface area contributed by atoms with Gasteiger partial charge in [0.1, 0.15) is 0 Å². The number of nitrogens with one attached hydrogen (secondary N) is 2. The Kier molecular flexibility index (Phi) is 6.33. The van der Waals surface area contributed by atoms with E-state index in [4.69, 9.17) is 12.2 Å². The molecule has 0 aliphatic carbocycles. The Hall–Kier alpha value is -0.680. The zero-order valence-corrected chi connectivity index (χ0v) is 11.5. The largest absolute Gasteiger partial charge is 0.363 e. The van der Waals surface area contributed by atoms with E-state index in [2.05, 4.69) is 29.5 Å². The van der Waals surface area contributed by atoms with Crippen LogP contribution < -0.4 is 10.6 Å². The van der Waals surface area contributed by atoms with Crippen molar-refractivity contribution in [3.63, 3.8) is 0 Å². The third-order valence-electron chi connectivity index (χ3n) is 2.26. The van der Waals surface area contributed by atoms with E-state index in [-0.39, 0.29) is 0 Å². The van der Waals surface area contributed by atoms with Crippen molar-refractivity contribution in [1.29, 1.82) is 0 Å². The zero-order valence-electron chi connectivity index (χ0n) is 9.82. The van der Waals surface area contributed by atoms with Crippen LogP contribution in [-0.4, -0.2) is 23.2 Å². The smallest absolute Gasteiger partial charge is 0.166 e. The minimum atomic E-state index is 0.408. The van der Waals surface area contributed by atoms with Gasteiger partial charge in [0.25, 0.3) is 0 Å². The van der Waals surface area contributed by atoms with Crippen LogP contribution in [0.5, 0.6) is 0 Å². The Balaban J connectivity index is 2.16. The third-order valence-corrected chi connectivity index (χ3v) is 3.55. The highest BCUT2D eigenvalue weighted by molar-refractivity contribution is 7.80. The van der Waals surface area contributed by atoms with E-state index in [1.165, 1.54) is 6.42 Å². The van der Waals surface area contributed by atoms with Gasteiger partial charge in [-0.2, -0.15) is 0 Å². The van der Waals surface area contributed by atoms with E-state index in [1.807, 2.05) is 11.6 Å². The summed E-state index contributed by atoms with van der Waals surface area (Å²) in [4.78, 5) is 4.28.